The molecular weight excluding hydrogens is 359 g/mol. The topological polar surface area (TPSA) is 12.9 Å². The van der Waals surface area contributed by atoms with E-state index in [-0.39, 0.29) is 35.4 Å². The molecule has 4 aliphatic rings. The molecule has 28 heavy (non-hydrogen) atoms. The van der Waals surface area contributed by atoms with Crippen molar-refractivity contribution in [2.45, 2.75) is 64.7 Å². The van der Waals surface area contributed by atoms with Gasteiger partial charge in [0.1, 0.15) is 5.82 Å². The summed E-state index contributed by atoms with van der Waals surface area (Å²) in [5, 5.41) is 0. The first-order valence-corrected chi connectivity index (χ1v) is 10.6. The van der Waals surface area contributed by atoms with Crippen LogP contribution in [0, 0.1) is 34.4 Å². The average Bonchev–Trinajstić information content (AvgIpc) is 2.99. The van der Waals surface area contributed by atoms with Gasteiger partial charge in [0.05, 0.1) is 6.20 Å². The number of fused-ring (bicyclic) bond motifs is 5. The van der Waals surface area contributed by atoms with Crippen LogP contribution in [0.15, 0.2) is 36.2 Å². The summed E-state index contributed by atoms with van der Waals surface area (Å²) in [5.74, 6) is -1.70. The molecule has 0 bridgehead atoms. The second kappa shape index (κ2) is 5.96. The van der Waals surface area contributed by atoms with Crippen LogP contribution in [0.3, 0.4) is 0 Å². The third-order valence-electron chi connectivity index (χ3n) is 8.70. The summed E-state index contributed by atoms with van der Waals surface area (Å²) in [4.78, 5) is 4.05. The maximum atomic E-state index is 14.1. The monoisotopic (exact) mass is 387 g/mol. The minimum atomic E-state index is -2.48. The van der Waals surface area contributed by atoms with Crippen LogP contribution in [0.1, 0.15) is 64.4 Å². The molecule has 0 spiro atoms. The highest BCUT2D eigenvalue weighted by molar-refractivity contribution is 5.78. The first-order chi connectivity index (χ1) is 13.2. The fraction of sp³-hybridized carbons (Fsp3) is 0.625. The Kier molecular flexibility index (Phi) is 3.93. The molecule has 1 aromatic rings. The van der Waals surface area contributed by atoms with Gasteiger partial charge in [0.2, 0.25) is 5.92 Å². The molecule has 3 unspecified atom stereocenters. The van der Waals surface area contributed by atoms with Gasteiger partial charge < -0.3 is 0 Å². The van der Waals surface area contributed by atoms with Gasteiger partial charge in [0.15, 0.2) is 0 Å². The third kappa shape index (κ3) is 2.55. The average molecular weight is 387 g/mol. The van der Waals surface area contributed by atoms with Gasteiger partial charge in [-0.15, -0.1) is 0 Å². The van der Waals surface area contributed by atoms with Crippen LogP contribution >= 0.6 is 0 Å². The molecule has 1 nitrogen and oxygen atoms in total. The van der Waals surface area contributed by atoms with E-state index in [4.69, 9.17) is 0 Å². The molecule has 5 atom stereocenters. The summed E-state index contributed by atoms with van der Waals surface area (Å²) >= 11 is 0. The Balaban J connectivity index is 1.45. The van der Waals surface area contributed by atoms with Crippen molar-refractivity contribution >= 4 is 5.57 Å². The zero-order valence-corrected chi connectivity index (χ0v) is 16.6. The third-order valence-corrected chi connectivity index (χ3v) is 8.70. The fourth-order valence-corrected chi connectivity index (χ4v) is 7.14. The van der Waals surface area contributed by atoms with E-state index in [2.05, 4.69) is 31.0 Å². The largest absolute Gasteiger partial charge is 0.261 e. The Hall–Kier alpha value is -1.58. The van der Waals surface area contributed by atoms with Crippen LogP contribution in [0.5, 0.6) is 0 Å². The van der Waals surface area contributed by atoms with Crippen molar-refractivity contribution in [1.82, 2.24) is 4.98 Å². The molecule has 0 amide bonds. The number of alkyl halides is 2. The number of halogens is 3. The minimum Gasteiger partial charge on any atom is -0.261 e. The van der Waals surface area contributed by atoms with Gasteiger partial charge in [0, 0.05) is 24.5 Å². The predicted octanol–water partition coefficient (Wildman–Crippen LogP) is 6.81. The smallest absolute Gasteiger partial charge is 0.248 e. The van der Waals surface area contributed by atoms with Crippen LogP contribution in [0.4, 0.5) is 13.2 Å². The first kappa shape index (κ1) is 18.4. The van der Waals surface area contributed by atoms with Crippen LogP contribution in [-0.2, 0) is 0 Å². The molecule has 0 saturated heterocycles. The van der Waals surface area contributed by atoms with E-state index in [1.54, 1.807) is 12.3 Å². The van der Waals surface area contributed by atoms with Crippen molar-refractivity contribution in [2.24, 2.45) is 28.6 Å². The molecule has 4 heteroatoms. The highest BCUT2D eigenvalue weighted by Gasteiger charge is 2.58. The Morgan fingerprint density at radius 1 is 1.00 bits per heavy atom. The lowest BCUT2D eigenvalue weighted by Crippen LogP contribution is -2.52. The zero-order chi connectivity index (χ0) is 19.7. The second-order valence-corrected chi connectivity index (χ2v) is 10.0. The number of hydrogen-bond acceptors (Lipinski definition) is 1. The molecule has 0 radical (unpaired) electrons. The molecule has 1 aromatic heterocycles. The summed E-state index contributed by atoms with van der Waals surface area (Å²) in [6.45, 7) is 4.56. The molecule has 0 aliphatic heterocycles. The van der Waals surface area contributed by atoms with E-state index >= 15 is 0 Å². The number of pyridine rings is 1. The van der Waals surface area contributed by atoms with Crippen molar-refractivity contribution in [3.05, 3.63) is 47.6 Å². The number of nitrogens with zero attached hydrogens (tertiary/aromatic N) is 1. The van der Waals surface area contributed by atoms with E-state index in [1.807, 2.05) is 0 Å². The van der Waals surface area contributed by atoms with Crippen LogP contribution in [0.25, 0.3) is 5.57 Å². The van der Waals surface area contributed by atoms with Crippen molar-refractivity contribution in [3.63, 3.8) is 0 Å². The quantitative estimate of drug-likeness (QED) is 0.516. The van der Waals surface area contributed by atoms with Gasteiger partial charge >= 0.3 is 0 Å². The van der Waals surface area contributed by atoms with Gasteiger partial charge in [-0.2, -0.15) is 0 Å². The fourth-order valence-electron chi connectivity index (χ4n) is 7.14. The molecule has 1 heterocycles. The minimum absolute atomic E-state index is 0.0237. The Morgan fingerprint density at radius 2 is 1.82 bits per heavy atom. The van der Waals surface area contributed by atoms with Gasteiger partial charge in [-0.05, 0) is 72.5 Å². The molecule has 0 N–H and O–H groups in total. The number of hydrogen-bond donors (Lipinski definition) is 0. The van der Waals surface area contributed by atoms with Gasteiger partial charge in [-0.1, -0.05) is 31.6 Å². The summed E-state index contributed by atoms with van der Waals surface area (Å²) in [7, 11) is 0. The number of allylic oxidation sites excluding steroid dienone is 4. The Labute approximate surface area is 165 Å². The summed E-state index contributed by atoms with van der Waals surface area (Å²) < 4.78 is 41.9. The summed E-state index contributed by atoms with van der Waals surface area (Å²) in [6, 6.07) is 1.58. The lowest BCUT2D eigenvalue weighted by molar-refractivity contribution is -0.139. The molecule has 3 saturated carbocycles. The normalized spacial score (nSPS) is 41.4. The van der Waals surface area contributed by atoms with E-state index < -0.39 is 5.92 Å². The van der Waals surface area contributed by atoms with E-state index in [9.17, 15) is 13.2 Å². The molecular formula is C24H28F3N. The maximum Gasteiger partial charge on any atom is 0.248 e. The molecule has 150 valence electrons. The van der Waals surface area contributed by atoms with Crippen molar-refractivity contribution in [2.75, 3.05) is 0 Å². The lowest BCUT2D eigenvalue weighted by atomic mass is 9.46. The SMILES string of the molecule is C[C@]12CCC3C(CCC4CC(F)(F)CC[C@@]43C)C1=CC=C2c1cncc(F)c1. The highest BCUT2D eigenvalue weighted by Crippen LogP contribution is 2.67. The van der Waals surface area contributed by atoms with Crippen molar-refractivity contribution < 1.29 is 13.2 Å². The van der Waals surface area contributed by atoms with Gasteiger partial charge in [-0.25, -0.2) is 13.2 Å². The van der Waals surface area contributed by atoms with Gasteiger partial charge in [0.25, 0.3) is 0 Å². The van der Waals surface area contributed by atoms with Crippen LogP contribution < -0.4 is 0 Å². The highest BCUT2D eigenvalue weighted by atomic mass is 19.3. The Bertz CT molecular complexity index is 872. The number of aromatic nitrogens is 1. The summed E-state index contributed by atoms with van der Waals surface area (Å²) in [6.07, 6.45) is 12.1. The van der Waals surface area contributed by atoms with Gasteiger partial charge in [-0.3, -0.25) is 4.98 Å². The predicted molar refractivity (Wildman–Crippen MR) is 104 cm³/mol. The summed E-state index contributed by atoms with van der Waals surface area (Å²) in [5.41, 5.74) is 3.41. The van der Waals surface area contributed by atoms with Crippen molar-refractivity contribution in [3.8, 4) is 0 Å². The van der Waals surface area contributed by atoms with E-state index in [0.29, 0.717) is 18.3 Å². The molecule has 0 aromatic carbocycles. The first-order valence-electron chi connectivity index (χ1n) is 10.6. The standard InChI is InChI=1S/C24H28F3N/c1-22-9-10-24(26,27)12-16(22)3-4-18-20-6-5-19(15-11-17(25)14-28-13-15)23(20,2)8-7-21(18)22/h5-6,11,13-14,16,18,21H,3-4,7-10,12H2,1-2H3/t16?,18?,21?,22-,23+/m0/s1. The molecule has 5 rings (SSSR count). The Morgan fingerprint density at radius 3 is 2.61 bits per heavy atom. The lowest BCUT2D eigenvalue weighted by Gasteiger charge is -2.59. The zero-order valence-electron chi connectivity index (χ0n) is 16.6. The maximum absolute atomic E-state index is 14.1. The van der Waals surface area contributed by atoms with Crippen LogP contribution in [0.2, 0.25) is 0 Å². The van der Waals surface area contributed by atoms with E-state index in [1.165, 1.54) is 11.8 Å². The molecule has 3 fully saturated rings. The van der Waals surface area contributed by atoms with Crippen molar-refractivity contribution in [1.29, 1.82) is 0 Å². The second-order valence-electron chi connectivity index (χ2n) is 10.0. The van der Waals surface area contributed by atoms with E-state index in [0.717, 1.165) is 36.8 Å². The number of rotatable bonds is 1. The molecule has 4 aliphatic carbocycles. The van der Waals surface area contributed by atoms with Crippen LogP contribution in [-0.4, -0.2) is 10.9 Å².